The Bertz CT molecular complexity index is 308. The molecule has 1 aromatic rings. The number of hydrogen-bond donors (Lipinski definition) is 1. The summed E-state index contributed by atoms with van der Waals surface area (Å²) in [5, 5.41) is 12.8. The van der Waals surface area contributed by atoms with Gasteiger partial charge in [0.2, 0.25) is 0 Å². The summed E-state index contributed by atoms with van der Waals surface area (Å²) in [6.45, 7) is 0. The van der Waals surface area contributed by atoms with Crippen LogP contribution in [0.3, 0.4) is 0 Å². The Morgan fingerprint density at radius 3 is 2.64 bits per heavy atom. The van der Waals surface area contributed by atoms with E-state index in [1.807, 2.05) is 0 Å². The normalized spacial score (nSPS) is 18.0. The fourth-order valence-electron chi connectivity index (χ4n) is 1.81. The molecule has 2 rings (SSSR count). The third-order valence-electron chi connectivity index (χ3n) is 2.67. The van der Waals surface area contributed by atoms with E-state index in [2.05, 4.69) is 10.1 Å². The molecule has 0 bridgehead atoms. The predicted molar refractivity (Wildman–Crippen MR) is 51.3 cm³/mol. The summed E-state index contributed by atoms with van der Waals surface area (Å²) in [6, 6.07) is 0. The van der Waals surface area contributed by atoms with Gasteiger partial charge in [-0.3, -0.25) is 4.79 Å². The quantitative estimate of drug-likeness (QED) is 0.822. The highest BCUT2D eigenvalue weighted by molar-refractivity contribution is 5.85. The fourth-order valence-corrected chi connectivity index (χ4v) is 1.81. The third-order valence-corrected chi connectivity index (χ3v) is 2.67. The minimum Gasteiger partial charge on any atom is -0.481 e. The topological polar surface area (TPSA) is 68.0 Å². The van der Waals surface area contributed by atoms with Crippen LogP contribution in [0.25, 0.3) is 0 Å². The van der Waals surface area contributed by atoms with Crippen LogP contribution in [0, 0.1) is 0 Å². The van der Waals surface area contributed by atoms with E-state index in [0.717, 1.165) is 19.3 Å². The first-order chi connectivity index (χ1) is 6.23. The van der Waals surface area contributed by atoms with Crippen molar-refractivity contribution in [2.45, 2.75) is 31.2 Å². The van der Waals surface area contributed by atoms with E-state index < -0.39 is 5.97 Å². The fraction of sp³-hybridized carbons (Fsp3) is 0.625. The molecule has 0 atom stereocenters. The third kappa shape index (κ3) is 1.72. The molecule has 1 aromatic heterocycles. The number of halogens is 1. The van der Waals surface area contributed by atoms with Crippen molar-refractivity contribution >= 4 is 18.4 Å². The van der Waals surface area contributed by atoms with Crippen LogP contribution in [0.2, 0.25) is 0 Å². The van der Waals surface area contributed by atoms with Crippen molar-refractivity contribution < 1.29 is 9.90 Å². The highest BCUT2D eigenvalue weighted by Gasteiger charge is 2.41. The molecule has 0 amide bonds. The molecule has 1 heterocycles. The van der Waals surface area contributed by atoms with Gasteiger partial charge >= 0.3 is 5.97 Å². The van der Waals surface area contributed by atoms with Gasteiger partial charge in [-0.2, -0.15) is 5.10 Å². The largest absolute Gasteiger partial charge is 0.481 e. The Morgan fingerprint density at radius 1 is 1.57 bits per heavy atom. The van der Waals surface area contributed by atoms with Crippen LogP contribution >= 0.6 is 12.4 Å². The van der Waals surface area contributed by atoms with Gasteiger partial charge in [0, 0.05) is 0 Å². The Morgan fingerprint density at radius 2 is 2.29 bits per heavy atom. The summed E-state index contributed by atoms with van der Waals surface area (Å²) >= 11 is 0. The molecule has 1 aliphatic rings. The summed E-state index contributed by atoms with van der Waals surface area (Å²) in [4.78, 5) is 14.5. The predicted octanol–water partition coefficient (Wildman–Crippen LogP) is 1.05. The van der Waals surface area contributed by atoms with E-state index in [9.17, 15) is 4.79 Å². The van der Waals surface area contributed by atoms with E-state index >= 15 is 0 Å². The number of hydrogen-bond acceptors (Lipinski definition) is 3. The van der Waals surface area contributed by atoms with Crippen LogP contribution in [-0.2, 0) is 10.3 Å². The van der Waals surface area contributed by atoms with Gasteiger partial charge in [-0.1, -0.05) is 0 Å². The van der Waals surface area contributed by atoms with Crippen LogP contribution in [0.4, 0.5) is 0 Å². The lowest BCUT2D eigenvalue weighted by Gasteiger charge is -2.40. The van der Waals surface area contributed by atoms with E-state index in [1.54, 1.807) is 11.0 Å². The van der Waals surface area contributed by atoms with Gasteiger partial charge in [0.1, 0.15) is 12.7 Å². The number of nitrogens with zero attached hydrogens (tertiary/aromatic N) is 3. The number of rotatable bonds is 3. The summed E-state index contributed by atoms with van der Waals surface area (Å²) in [5.74, 6) is -0.768. The van der Waals surface area contributed by atoms with Crippen molar-refractivity contribution in [1.82, 2.24) is 14.8 Å². The molecule has 5 nitrogen and oxygen atoms in total. The summed E-state index contributed by atoms with van der Waals surface area (Å²) in [5.41, 5.74) is -0.289. The van der Waals surface area contributed by atoms with Crippen molar-refractivity contribution in [2.24, 2.45) is 0 Å². The average molecular weight is 218 g/mol. The van der Waals surface area contributed by atoms with Crippen LogP contribution in [0.15, 0.2) is 12.7 Å². The first-order valence-electron chi connectivity index (χ1n) is 4.30. The van der Waals surface area contributed by atoms with Crippen molar-refractivity contribution in [3.8, 4) is 0 Å². The summed E-state index contributed by atoms with van der Waals surface area (Å²) in [7, 11) is 0. The molecule has 0 unspecified atom stereocenters. The van der Waals surface area contributed by atoms with Gasteiger partial charge in [0.15, 0.2) is 0 Å². The minimum absolute atomic E-state index is 0. The molecule has 0 aliphatic heterocycles. The van der Waals surface area contributed by atoms with E-state index in [4.69, 9.17) is 5.11 Å². The van der Waals surface area contributed by atoms with Gasteiger partial charge in [0.05, 0.1) is 12.0 Å². The zero-order valence-corrected chi connectivity index (χ0v) is 8.40. The van der Waals surface area contributed by atoms with E-state index in [-0.39, 0.29) is 24.4 Å². The van der Waals surface area contributed by atoms with Crippen molar-refractivity contribution in [1.29, 1.82) is 0 Å². The average Bonchev–Trinajstić information content (AvgIpc) is 2.48. The number of carboxylic acid groups (broad SMARTS) is 1. The molecule has 1 N–H and O–H groups in total. The second-order valence-corrected chi connectivity index (χ2v) is 3.49. The lowest BCUT2D eigenvalue weighted by Crippen LogP contribution is -2.42. The maximum atomic E-state index is 10.6. The first-order valence-corrected chi connectivity index (χ1v) is 4.30. The molecule has 14 heavy (non-hydrogen) atoms. The zero-order chi connectivity index (χ0) is 9.31. The van der Waals surface area contributed by atoms with Crippen LogP contribution in [0.1, 0.15) is 25.7 Å². The monoisotopic (exact) mass is 217 g/mol. The molecule has 1 fully saturated rings. The first kappa shape index (κ1) is 11.0. The highest BCUT2D eigenvalue weighted by atomic mass is 35.5. The highest BCUT2D eigenvalue weighted by Crippen LogP contribution is 2.41. The number of aliphatic carboxylic acids is 1. The molecule has 0 saturated heterocycles. The van der Waals surface area contributed by atoms with Crippen molar-refractivity contribution in [2.75, 3.05) is 0 Å². The maximum absolute atomic E-state index is 10.6. The number of carbonyl (C=O) groups is 1. The number of carboxylic acids is 1. The maximum Gasteiger partial charge on any atom is 0.305 e. The molecule has 0 spiro atoms. The molecular formula is C8H12ClN3O2. The lowest BCUT2D eigenvalue weighted by atomic mass is 9.74. The summed E-state index contributed by atoms with van der Waals surface area (Å²) < 4.78 is 1.69. The Kier molecular flexibility index (Phi) is 3.10. The molecule has 1 aliphatic carbocycles. The van der Waals surface area contributed by atoms with Crippen LogP contribution in [0.5, 0.6) is 0 Å². The minimum atomic E-state index is -0.768. The van der Waals surface area contributed by atoms with Gasteiger partial charge < -0.3 is 5.11 Å². The standard InChI is InChI=1S/C8H11N3O2.ClH/c12-7(13)4-8(2-1-3-8)11-6-9-5-10-11;/h5-6H,1-4H2,(H,12,13);1H. The van der Waals surface area contributed by atoms with E-state index in [0.29, 0.717) is 0 Å². The molecule has 0 radical (unpaired) electrons. The van der Waals surface area contributed by atoms with Gasteiger partial charge in [-0.05, 0) is 19.3 Å². The van der Waals surface area contributed by atoms with Crippen molar-refractivity contribution in [3.05, 3.63) is 12.7 Å². The molecule has 1 saturated carbocycles. The Hall–Kier alpha value is -1.10. The molecule has 6 heteroatoms. The van der Waals surface area contributed by atoms with Crippen LogP contribution in [-0.4, -0.2) is 25.8 Å². The zero-order valence-electron chi connectivity index (χ0n) is 7.59. The van der Waals surface area contributed by atoms with Crippen LogP contribution < -0.4 is 0 Å². The summed E-state index contributed by atoms with van der Waals surface area (Å²) in [6.07, 6.45) is 6.05. The second-order valence-electron chi connectivity index (χ2n) is 3.49. The smallest absolute Gasteiger partial charge is 0.305 e. The Balaban J connectivity index is 0.000000980. The van der Waals surface area contributed by atoms with E-state index in [1.165, 1.54) is 6.33 Å². The molecule has 78 valence electrons. The van der Waals surface area contributed by atoms with Gasteiger partial charge in [-0.15, -0.1) is 12.4 Å². The van der Waals surface area contributed by atoms with Gasteiger partial charge in [-0.25, -0.2) is 9.67 Å². The lowest BCUT2D eigenvalue weighted by molar-refractivity contribution is -0.141. The molecule has 0 aromatic carbocycles. The number of aromatic nitrogens is 3. The van der Waals surface area contributed by atoms with Gasteiger partial charge in [0.25, 0.3) is 0 Å². The molecular weight excluding hydrogens is 206 g/mol. The SMILES string of the molecule is Cl.O=C(O)CC1(n2cncn2)CCC1. The van der Waals surface area contributed by atoms with Crippen molar-refractivity contribution in [3.63, 3.8) is 0 Å². The Labute approximate surface area is 87.6 Å². The second kappa shape index (κ2) is 3.96.